The van der Waals surface area contributed by atoms with E-state index in [0.29, 0.717) is 21.9 Å². The van der Waals surface area contributed by atoms with Crippen molar-refractivity contribution < 1.29 is 23.1 Å². The molecule has 0 saturated carbocycles. The molecule has 3 heterocycles. The van der Waals surface area contributed by atoms with E-state index >= 15 is 0 Å². The number of nitrogens with zero attached hydrogens (tertiary/aromatic N) is 6. The SMILES string of the molecule is COc1cc(N2CCC(N3CCN(C)CC3)CC2)ccc1Nc1ncc(Cl)c(Nc2ccccc2N(OC(N)=O)S(=O)O)n1. The van der Waals surface area contributed by atoms with Crippen molar-refractivity contribution in [1.82, 2.24) is 19.8 Å². The summed E-state index contributed by atoms with van der Waals surface area (Å²) in [5.41, 5.74) is 7.12. The van der Waals surface area contributed by atoms with Gasteiger partial charge in [0.1, 0.15) is 16.5 Å². The van der Waals surface area contributed by atoms with Gasteiger partial charge in [0.05, 0.1) is 24.7 Å². The van der Waals surface area contributed by atoms with Gasteiger partial charge in [0.25, 0.3) is 11.3 Å². The number of methoxy groups -OCH3 is 1. The molecule has 14 nitrogen and oxygen atoms in total. The zero-order valence-corrected chi connectivity index (χ0v) is 26.1. The predicted octanol–water partition coefficient (Wildman–Crippen LogP) is 3.80. The number of hydrogen-bond acceptors (Lipinski definition) is 11. The van der Waals surface area contributed by atoms with E-state index in [0.717, 1.165) is 57.8 Å². The van der Waals surface area contributed by atoms with E-state index in [1.54, 1.807) is 25.3 Å². The third kappa shape index (κ3) is 7.60. The van der Waals surface area contributed by atoms with E-state index < -0.39 is 17.4 Å². The van der Waals surface area contributed by atoms with Gasteiger partial charge in [-0.3, -0.25) is 9.45 Å². The number of halogens is 1. The molecule has 0 radical (unpaired) electrons. The van der Waals surface area contributed by atoms with Gasteiger partial charge in [0, 0.05) is 57.1 Å². The predicted molar refractivity (Wildman–Crippen MR) is 171 cm³/mol. The van der Waals surface area contributed by atoms with Crippen LogP contribution in [0.1, 0.15) is 12.8 Å². The number of likely N-dealkylation sites (N-methyl/N-ethyl adjacent to an activating group) is 1. The van der Waals surface area contributed by atoms with Gasteiger partial charge in [-0.1, -0.05) is 28.2 Å². The van der Waals surface area contributed by atoms with Gasteiger partial charge in [-0.25, -0.2) is 14.0 Å². The summed E-state index contributed by atoms with van der Waals surface area (Å²) in [5, 5.41) is 6.36. The summed E-state index contributed by atoms with van der Waals surface area (Å²) in [6.07, 6.45) is 2.41. The molecule has 0 spiro atoms. The fourth-order valence-electron chi connectivity index (χ4n) is 5.40. The molecule has 3 aromatic rings. The van der Waals surface area contributed by atoms with Gasteiger partial charge >= 0.3 is 6.09 Å². The highest BCUT2D eigenvalue weighted by Gasteiger charge is 2.27. The normalized spacial score (nSPS) is 17.1. The van der Waals surface area contributed by atoms with Crippen molar-refractivity contribution >= 4 is 63.5 Å². The van der Waals surface area contributed by atoms with Gasteiger partial charge in [0.15, 0.2) is 5.82 Å². The molecule has 1 atom stereocenters. The van der Waals surface area contributed by atoms with Gasteiger partial charge in [-0.15, -0.1) is 0 Å². The molecule has 1 aromatic heterocycles. The Hall–Kier alpha value is -3.89. The van der Waals surface area contributed by atoms with Crippen LogP contribution in [-0.2, 0) is 16.1 Å². The van der Waals surface area contributed by atoms with Crippen molar-refractivity contribution in [2.75, 3.05) is 73.4 Å². The van der Waals surface area contributed by atoms with Crippen LogP contribution in [0, 0.1) is 0 Å². The summed E-state index contributed by atoms with van der Waals surface area (Å²) in [5.74, 6) is 1.05. The summed E-state index contributed by atoms with van der Waals surface area (Å²) in [4.78, 5) is 32.2. The Balaban J connectivity index is 1.28. The number of primary amides is 1. The molecule has 236 valence electrons. The highest BCUT2D eigenvalue weighted by Crippen LogP contribution is 2.35. The van der Waals surface area contributed by atoms with E-state index in [2.05, 4.69) is 48.4 Å². The van der Waals surface area contributed by atoms with Gasteiger partial charge < -0.3 is 35.7 Å². The number of rotatable bonds is 10. The standard InChI is InChI=1S/C28H36ClN9O5S/c1-35-13-15-37(16-14-35)19-9-11-36(12-10-19)20-7-8-23(25(17-20)42-2)33-28-31-18-21(29)26(34-28)32-22-5-3-4-6-24(22)38(44(40)41)43-27(30)39/h3-8,17-19H,9-16H2,1-2H3,(H2,30,39)(H,40,41)(H2,31,32,33,34). The van der Waals surface area contributed by atoms with Gasteiger partial charge in [-0.05, 0) is 44.2 Å². The Labute approximate surface area is 263 Å². The molecule has 44 heavy (non-hydrogen) atoms. The number of piperazine rings is 1. The lowest BCUT2D eigenvalue weighted by molar-refractivity contribution is 0.0982. The van der Waals surface area contributed by atoms with E-state index in [9.17, 15) is 13.6 Å². The van der Waals surface area contributed by atoms with Crippen LogP contribution in [0.25, 0.3) is 0 Å². The molecule has 2 saturated heterocycles. The molecule has 2 aliphatic rings. The second kappa shape index (κ2) is 14.3. The minimum absolute atomic E-state index is 0.0427. The highest BCUT2D eigenvalue weighted by molar-refractivity contribution is 7.80. The second-order valence-corrected chi connectivity index (χ2v) is 11.7. The molecule has 2 aromatic carbocycles. The number of nitrogens with one attached hydrogen (secondary N) is 2. The van der Waals surface area contributed by atoms with E-state index in [4.69, 9.17) is 26.9 Å². The van der Waals surface area contributed by atoms with Crippen molar-refractivity contribution in [3.05, 3.63) is 53.7 Å². The highest BCUT2D eigenvalue weighted by atomic mass is 35.5. The first-order valence-corrected chi connectivity index (χ1v) is 15.6. The molecular weight excluding hydrogens is 610 g/mol. The molecule has 1 unspecified atom stereocenters. The molecule has 2 fully saturated rings. The van der Waals surface area contributed by atoms with Crippen molar-refractivity contribution in [2.45, 2.75) is 18.9 Å². The zero-order valence-electron chi connectivity index (χ0n) is 24.5. The number of carbonyl (C=O) groups is 1. The van der Waals surface area contributed by atoms with Crippen molar-refractivity contribution in [2.24, 2.45) is 5.73 Å². The van der Waals surface area contributed by atoms with Crippen LogP contribution < -0.4 is 30.5 Å². The number of amides is 1. The van der Waals surface area contributed by atoms with Crippen LogP contribution in [0.5, 0.6) is 5.75 Å². The molecule has 16 heteroatoms. The minimum Gasteiger partial charge on any atom is -0.494 e. The average molecular weight is 646 g/mol. The lowest BCUT2D eigenvalue weighted by atomic mass is 10.0. The molecule has 2 aliphatic heterocycles. The number of carbonyl (C=O) groups excluding carboxylic acids is 1. The Bertz CT molecular complexity index is 1490. The van der Waals surface area contributed by atoms with E-state index in [1.807, 2.05) is 12.1 Å². The summed E-state index contributed by atoms with van der Waals surface area (Å²) >= 11 is 3.66. The maximum absolute atomic E-state index is 11.8. The third-order valence-corrected chi connectivity index (χ3v) is 8.56. The first kappa shape index (κ1) is 31.5. The van der Waals surface area contributed by atoms with Crippen molar-refractivity contribution in [3.63, 3.8) is 0 Å². The maximum Gasteiger partial charge on any atom is 0.429 e. The number of nitrogens with two attached hydrogens (primary N) is 1. The first-order chi connectivity index (χ1) is 21.2. The van der Waals surface area contributed by atoms with Crippen LogP contribution >= 0.6 is 11.6 Å². The lowest BCUT2D eigenvalue weighted by Crippen LogP contribution is -2.52. The van der Waals surface area contributed by atoms with Crippen LogP contribution in [0.3, 0.4) is 0 Å². The molecule has 0 aliphatic carbocycles. The quantitative estimate of drug-likeness (QED) is 0.187. The van der Waals surface area contributed by atoms with Gasteiger partial charge in [0.2, 0.25) is 5.95 Å². The number of para-hydroxylation sites is 2. The molecule has 5 rings (SSSR count). The number of ether oxygens (including phenoxy) is 1. The van der Waals surface area contributed by atoms with Crippen molar-refractivity contribution in [3.8, 4) is 5.75 Å². The number of piperidine rings is 1. The maximum atomic E-state index is 11.8. The summed E-state index contributed by atoms with van der Waals surface area (Å²) < 4.78 is 27.7. The minimum atomic E-state index is -2.72. The van der Waals surface area contributed by atoms with E-state index in [1.165, 1.54) is 12.3 Å². The summed E-state index contributed by atoms with van der Waals surface area (Å²) in [6.45, 7) is 6.50. The second-order valence-electron chi connectivity index (χ2n) is 10.5. The van der Waals surface area contributed by atoms with Crippen LogP contribution in [0.2, 0.25) is 5.02 Å². The Morgan fingerprint density at radius 3 is 2.50 bits per heavy atom. The van der Waals surface area contributed by atoms with E-state index in [-0.39, 0.29) is 28.2 Å². The smallest absolute Gasteiger partial charge is 0.429 e. The Morgan fingerprint density at radius 2 is 1.82 bits per heavy atom. The monoisotopic (exact) mass is 645 g/mol. The van der Waals surface area contributed by atoms with Crippen molar-refractivity contribution in [1.29, 1.82) is 0 Å². The number of benzene rings is 2. The molecule has 0 bridgehead atoms. The lowest BCUT2D eigenvalue weighted by Gasteiger charge is -2.42. The summed E-state index contributed by atoms with van der Waals surface area (Å²) in [6, 6.07) is 12.9. The van der Waals surface area contributed by atoms with Crippen LogP contribution in [-0.4, -0.2) is 94.1 Å². The molecule has 5 N–H and O–H groups in total. The Morgan fingerprint density at radius 1 is 1.09 bits per heavy atom. The largest absolute Gasteiger partial charge is 0.494 e. The fraction of sp³-hybridized carbons (Fsp3) is 0.393. The number of hydrogen-bond donors (Lipinski definition) is 4. The van der Waals surface area contributed by atoms with Gasteiger partial charge in [-0.2, -0.15) is 4.98 Å². The average Bonchev–Trinajstić information content (AvgIpc) is 3.02. The molecular formula is C28H36ClN9O5S. The summed E-state index contributed by atoms with van der Waals surface area (Å²) in [7, 11) is 3.80. The number of anilines is 6. The van der Waals surface area contributed by atoms with Crippen LogP contribution in [0.15, 0.2) is 48.7 Å². The topological polar surface area (TPSA) is 162 Å². The Kier molecular flexibility index (Phi) is 10.2. The molecule has 1 amide bonds. The fourth-order valence-corrected chi connectivity index (χ4v) is 6.01. The third-order valence-electron chi connectivity index (χ3n) is 7.73. The first-order valence-electron chi connectivity index (χ1n) is 14.1. The zero-order chi connectivity index (χ0) is 31.2. The number of aromatic nitrogens is 2. The van der Waals surface area contributed by atoms with Crippen LogP contribution in [0.4, 0.5) is 39.3 Å².